The Hall–Kier alpha value is -3.09. The van der Waals surface area contributed by atoms with Crippen LogP contribution in [0.5, 0.6) is 5.75 Å². The molecule has 4 amide bonds. The molecule has 1 fully saturated rings. The van der Waals surface area contributed by atoms with Crippen LogP contribution in [0.4, 0.5) is 22.4 Å². The van der Waals surface area contributed by atoms with Gasteiger partial charge in [0.1, 0.15) is 11.6 Å². The van der Waals surface area contributed by atoms with E-state index in [1.165, 1.54) is 0 Å². The highest BCUT2D eigenvalue weighted by molar-refractivity contribution is 5.78. The van der Waals surface area contributed by atoms with E-state index in [0.717, 1.165) is 25.0 Å². The molecule has 1 aromatic carbocycles. The minimum atomic E-state index is -4.95. The van der Waals surface area contributed by atoms with Crippen LogP contribution in [0.1, 0.15) is 38.7 Å². The van der Waals surface area contributed by atoms with Crippen molar-refractivity contribution >= 4 is 18.3 Å². The third kappa shape index (κ3) is 10.4. The molecule has 1 aliphatic carbocycles. The number of carbonyl (C=O) groups excluding carboxylic acids is 3. The number of hydrogen-bond acceptors (Lipinski definition) is 5. The molecule has 1 saturated carbocycles. The quantitative estimate of drug-likeness (QED) is 0.241. The number of halogens is 4. The number of nitrogens with one attached hydrogen (secondary N) is 3. The number of carbonyl (C=O) groups is 3. The highest BCUT2D eigenvalue weighted by Gasteiger charge is 2.38. The molecule has 9 nitrogen and oxygen atoms in total. The second-order valence-corrected chi connectivity index (χ2v) is 7.67. The summed E-state index contributed by atoms with van der Waals surface area (Å²) >= 11 is 0. The Labute approximate surface area is 201 Å². The summed E-state index contributed by atoms with van der Waals surface area (Å²) in [5, 5.41) is 7.96. The SMILES string of the molecule is CC.CNCC(CC(CNC=O)C(N)=O)N(C(=O)NCc1ccc(OC(F)(F)F)cc1F)C1CC1. The average Bonchev–Trinajstić information content (AvgIpc) is 3.61. The second-order valence-electron chi connectivity index (χ2n) is 7.67. The van der Waals surface area contributed by atoms with Crippen molar-refractivity contribution in [1.29, 1.82) is 0 Å². The number of nitrogens with zero attached hydrogens (tertiary/aromatic N) is 1. The summed E-state index contributed by atoms with van der Waals surface area (Å²) in [5.74, 6) is -2.99. The number of rotatable bonds is 13. The highest BCUT2D eigenvalue weighted by atomic mass is 19.4. The Morgan fingerprint density at radius 1 is 1.26 bits per heavy atom. The molecule has 5 N–H and O–H groups in total. The van der Waals surface area contributed by atoms with Crippen LogP contribution in [0.2, 0.25) is 0 Å². The van der Waals surface area contributed by atoms with E-state index in [2.05, 4.69) is 20.7 Å². The first kappa shape index (κ1) is 29.9. The maximum Gasteiger partial charge on any atom is 0.573 e. The zero-order valence-electron chi connectivity index (χ0n) is 20.0. The standard InChI is InChI=1S/C20H27F4N5O4.C2H6/c1-26-10-15(6-13(18(25)31)8-27-11-30)29(14-3-4-14)19(32)28-9-12-2-5-16(7-17(12)21)33-20(22,23)24;1-2/h2,5,7,11,13-15,26H,3-4,6,8-10H2,1H3,(H2,25,31)(H,27,30)(H,28,32);1-2H3. The first-order valence-corrected chi connectivity index (χ1v) is 11.3. The fraction of sp³-hybridized carbons (Fsp3) is 0.591. The van der Waals surface area contributed by atoms with E-state index in [1.807, 2.05) is 13.8 Å². The molecule has 0 spiro atoms. The zero-order chi connectivity index (χ0) is 26.6. The van der Waals surface area contributed by atoms with Crippen molar-refractivity contribution in [3.8, 4) is 5.75 Å². The molecule has 1 aromatic rings. The van der Waals surface area contributed by atoms with E-state index in [4.69, 9.17) is 5.73 Å². The molecular formula is C22H33F4N5O4. The van der Waals surface area contributed by atoms with Gasteiger partial charge < -0.3 is 31.3 Å². The van der Waals surface area contributed by atoms with Gasteiger partial charge in [-0.05, 0) is 32.4 Å². The molecule has 13 heteroatoms. The summed E-state index contributed by atoms with van der Waals surface area (Å²) in [6.07, 6.45) is -2.80. The van der Waals surface area contributed by atoms with Gasteiger partial charge in [0, 0.05) is 43.3 Å². The maximum absolute atomic E-state index is 14.2. The number of urea groups is 1. The molecule has 0 aromatic heterocycles. The monoisotopic (exact) mass is 507 g/mol. The minimum Gasteiger partial charge on any atom is -0.406 e. The Kier molecular flexibility index (Phi) is 12.3. The van der Waals surface area contributed by atoms with Crippen LogP contribution in [0.25, 0.3) is 0 Å². The Morgan fingerprint density at radius 2 is 1.91 bits per heavy atom. The number of hydrogen-bond donors (Lipinski definition) is 4. The van der Waals surface area contributed by atoms with Crippen LogP contribution in [0.15, 0.2) is 18.2 Å². The summed E-state index contributed by atoms with van der Waals surface area (Å²) < 4.78 is 54.7. The van der Waals surface area contributed by atoms with Gasteiger partial charge >= 0.3 is 12.4 Å². The summed E-state index contributed by atoms with van der Waals surface area (Å²) in [6, 6.07) is 1.60. The van der Waals surface area contributed by atoms with Crippen molar-refractivity contribution in [2.24, 2.45) is 11.7 Å². The first-order valence-electron chi connectivity index (χ1n) is 11.3. The van der Waals surface area contributed by atoms with Gasteiger partial charge in [0.25, 0.3) is 0 Å². The van der Waals surface area contributed by atoms with Crippen LogP contribution in [-0.2, 0) is 16.1 Å². The number of ether oxygens (including phenoxy) is 1. The molecule has 198 valence electrons. The molecule has 1 aliphatic rings. The number of likely N-dealkylation sites (N-methyl/N-ethyl adjacent to an activating group) is 1. The second kappa shape index (κ2) is 14.3. The molecule has 0 aliphatic heterocycles. The molecule has 2 atom stereocenters. The smallest absolute Gasteiger partial charge is 0.406 e. The van der Waals surface area contributed by atoms with Crippen molar-refractivity contribution in [3.63, 3.8) is 0 Å². The van der Waals surface area contributed by atoms with Crippen molar-refractivity contribution in [2.75, 3.05) is 20.1 Å². The van der Waals surface area contributed by atoms with Crippen LogP contribution in [0, 0.1) is 11.7 Å². The Morgan fingerprint density at radius 3 is 2.40 bits per heavy atom. The summed E-state index contributed by atoms with van der Waals surface area (Å²) in [7, 11) is 1.68. The number of amides is 4. The number of alkyl halides is 3. The first-order chi connectivity index (χ1) is 16.6. The molecule has 0 heterocycles. The van der Waals surface area contributed by atoms with Gasteiger partial charge in [0.15, 0.2) is 0 Å². The fourth-order valence-corrected chi connectivity index (χ4v) is 3.46. The van der Waals surface area contributed by atoms with Gasteiger partial charge in [0.05, 0.1) is 5.92 Å². The maximum atomic E-state index is 14.2. The third-order valence-corrected chi connectivity index (χ3v) is 5.10. The van der Waals surface area contributed by atoms with Crippen LogP contribution < -0.4 is 26.4 Å². The zero-order valence-corrected chi connectivity index (χ0v) is 20.0. The van der Waals surface area contributed by atoms with Crippen molar-refractivity contribution in [1.82, 2.24) is 20.9 Å². The molecule has 2 rings (SSSR count). The lowest BCUT2D eigenvalue weighted by atomic mass is 9.97. The van der Waals surface area contributed by atoms with E-state index in [-0.39, 0.29) is 31.1 Å². The molecule has 0 bridgehead atoms. The Bertz CT molecular complexity index is 837. The van der Waals surface area contributed by atoms with Crippen molar-refractivity contribution in [3.05, 3.63) is 29.6 Å². The number of primary amides is 1. The van der Waals surface area contributed by atoms with Crippen LogP contribution >= 0.6 is 0 Å². The van der Waals surface area contributed by atoms with Gasteiger partial charge in [0.2, 0.25) is 12.3 Å². The molecular weight excluding hydrogens is 474 g/mol. The predicted octanol–water partition coefficient (Wildman–Crippen LogP) is 2.25. The minimum absolute atomic E-state index is 0.0241. The molecule has 0 radical (unpaired) electrons. The lowest BCUT2D eigenvalue weighted by Crippen LogP contribution is -2.52. The topological polar surface area (TPSA) is 126 Å². The van der Waals surface area contributed by atoms with E-state index in [1.54, 1.807) is 11.9 Å². The largest absolute Gasteiger partial charge is 0.573 e. The summed E-state index contributed by atoms with van der Waals surface area (Å²) in [6.45, 7) is 4.10. The third-order valence-electron chi connectivity index (χ3n) is 5.10. The highest BCUT2D eigenvalue weighted by Crippen LogP contribution is 2.31. The molecule has 0 saturated heterocycles. The van der Waals surface area contributed by atoms with Crippen LogP contribution in [-0.4, -0.2) is 61.8 Å². The normalized spacial score (nSPS) is 14.6. The molecule has 2 unspecified atom stereocenters. The van der Waals surface area contributed by atoms with Crippen molar-refractivity contribution < 1.29 is 36.7 Å². The van der Waals surface area contributed by atoms with Gasteiger partial charge in [-0.25, -0.2) is 9.18 Å². The van der Waals surface area contributed by atoms with Crippen molar-refractivity contribution in [2.45, 2.75) is 58.1 Å². The number of nitrogens with two attached hydrogens (primary N) is 1. The van der Waals surface area contributed by atoms with Gasteiger partial charge in [-0.3, -0.25) is 9.59 Å². The Balaban J connectivity index is 0.00000298. The summed E-state index contributed by atoms with van der Waals surface area (Å²) in [4.78, 5) is 36.9. The van der Waals surface area contributed by atoms with Gasteiger partial charge in [-0.15, -0.1) is 13.2 Å². The van der Waals surface area contributed by atoms with Gasteiger partial charge in [-0.1, -0.05) is 19.9 Å². The van der Waals surface area contributed by atoms with E-state index >= 15 is 0 Å². The predicted molar refractivity (Wildman–Crippen MR) is 121 cm³/mol. The lowest BCUT2D eigenvalue weighted by molar-refractivity contribution is -0.274. The van der Waals surface area contributed by atoms with E-state index < -0.39 is 41.8 Å². The fourth-order valence-electron chi connectivity index (χ4n) is 3.46. The lowest BCUT2D eigenvalue weighted by Gasteiger charge is -2.34. The van der Waals surface area contributed by atoms with Crippen LogP contribution in [0.3, 0.4) is 0 Å². The molecule has 35 heavy (non-hydrogen) atoms. The average molecular weight is 508 g/mol. The number of benzene rings is 1. The summed E-state index contributed by atoms with van der Waals surface area (Å²) in [5.41, 5.74) is 5.41. The van der Waals surface area contributed by atoms with Gasteiger partial charge in [-0.2, -0.15) is 0 Å². The van der Waals surface area contributed by atoms with E-state index in [9.17, 15) is 31.9 Å². The van der Waals surface area contributed by atoms with E-state index in [0.29, 0.717) is 19.0 Å².